The van der Waals surface area contributed by atoms with Crippen molar-refractivity contribution in [3.8, 4) is 0 Å². The molecular formula is C16H12F3N3O2S. The number of halogens is 3. The maximum absolute atomic E-state index is 12.9. The van der Waals surface area contributed by atoms with Gasteiger partial charge in [-0.3, -0.25) is 20.4 Å². The summed E-state index contributed by atoms with van der Waals surface area (Å²) in [6, 6.07) is 9.52. The molecule has 0 saturated heterocycles. The number of alkyl halides is 3. The third-order valence-electron chi connectivity index (χ3n) is 3.42. The van der Waals surface area contributed by atoms with Gasteiger partial charge in [0.15, 0.2) is 0 Å². The number of hydrogen-bond acceptors (Lipinski definition) is 4. The predicted octanol–water partition coefficient (Wildman–Crippen LogP) is 3.51. The number of anilines is 2. The molecule has 0 aliphatic carbocycles. The molecule has 130 valence electrons. The smallest absolute Gasteiger partial charge is 0.324 e. The molecule has 9 heteroatoms. The third-order valence-corrected chi connectivity index (χ3v) is 4.49. The Morgan fingerprint density at radius 2 is 1.92 bits per heavy atom. The number of rotatable bonds is 3. The molecule has 0 spiro atoms. The first-order chi connectivity index (χ1) is 11.8. The van der Waals surface area contributed by atoms with Crippen molar-refractivity contribution in [1.29, 1.82) is 0 Å². The Hall–Kier alpha value is -2.68. The number of amides is 2. The van der Waals surface area contributed by atoms with E-state index in [-0.39, 0.29) is 17.2 Å². The highest BCUT2D eigenvalue weighted by atomic mass is 32.2. The van der Waals surface area contributed by atoms with E-state index in [2.05, 4.69) is 16.2 Å². The first-order valence-electron chi connectivity index (χ1n) is 7.14. The van der Waals surface area contributed by atoms with Gasteiger partial charge in [0.2, 0.25) is 5.91 Å². The summed E-state index contributed by atoms with van der Waals surface area (Å²) in [5.74, 6) is -0.495. The van der Waals surface area contributed by atoms with Gasteiger partial charge in [0.1, 0.15) is 0 Å². The quantitative estimate of drug-likeness (QED) is 0.726. The maximum Gasteiger partial charge on any atom is 0.418 e. The fourth-order valence-corrected chi connectivity index (χ4v) is 3.05. The van der Waals surface area contributed by atoms with Crippen LogP contribution in [0, 0.1) is 0 Å². The molecule has 3 rings (SSSR count). The Morgan fingerprint density at radius 3 is 2.68 bits per heavy atom. The monoisotopic (exact) mass is 367 g/mol. The van der Waals surface area contributed by atoms with Crippen LogP contribution < -0.4 is 16.2 Å². The van der Waals surface area contributed by atoms with E-state index in [0.29, 0.717) is 11.4 Å². The number of benzene rings is 2. The second-order valence-corrected chi connectivity index (χ2v) is 6.19. The van der Waals surface area contributed by atoms with Crippen LogP contribution in [-0.2, 0) is 11.0 Å². The minimum Gasteiger partial charge on any atom is -0.324 e. The van der Waals surface area contributed by atoms with E-state index >= 15 is 0 Å². The minimum absolute atomic E-state index is 0.174. The fraction of sp³-hybridized carbons (Fsp3) is 0.125. The van der Waals surface area contributed by atoms with E-state index in [1.807, 2.05) is 0 Å². The van der Waals surface area contributed by atoms with Gasteiger partial charge in [-0.2, -0.15) is 13.2 Å². The summed E-state index contributed by atoms with van der Waals surface area (Å²) in [5, 5.41) is 2.65. The normalized spacial score (nSPS) is 13.6. The summed E-state index contributed by atoms with van der Waals surface area (Å²) in [6.07, 6.45) is -4.54. The van der Waals surface area contributed by atoms with E-state index in [9.17, 15) is 22.8 Å². The van der Waals surface area contributed by atoms with Crippen LogP contribution in [0.1, 0.15) is 15.9 Å². The zero-order valence-corrected chi connectivity index (χ0v) is 13.4. The van der Waals surface area contributed by atoms with Crippen LogP contribution in [0.15, 0.2) is 47.4 Å². The highest BCUT2D eigenvalue weighted by Gasteiger charge is 2.33. The molecule has 0 radical (unpaired) electrons. The molecule has 0 fully saturated rings. The third kappa shape index (κ3) is 3.87. The lowest BCUT2D eigenvalue weighted by Gasteiger charge is -2.18. The van der Waals surface area contributed by atoms with Gasteiger partial charge >= 0.3 is 6.18 Å². The molecule has 2 aromatic carbocycles. The van der Waals surface area contributed by atoms with Crippen LogP contribution in [0.5, 0.6) is 0 Å². The second-order valence-electron chi connectivity index (χ2n) is 5.17. The van der Waals surface area contributed by atoms with Gasteiger partial charge in [0.25, 0.3) is 5.91 Å². The van der Waals surface area contributed by atoms with Crippen molar-refractivity contribution in [2.24, 2.45) is 0 Å². The lowest BCUT2D eigenvalue weighted by atomic mass is 10.1. The zero-order chi connectivity index (χ0) is 18.0. The molecule has 3 N–H and O–H groups in total. The molecule has 0 aromatic heterocycles. The van der Waals surface area contributed by atoms with Crippen molar-refractivity contribution in [2.75, 3.05) is 16.5 Å². The Bertz CT molecular complexity index is 840. The molecule has 0 atom stereocenters. The standard InChI is InChI=1S/C16H12F3N3O2S/c17-16(18,19)10-3-1-2-4-11(10)21-22-15(24)9-5-6-13-12(7-9)20-14(23)8-25-13/h1-7,21H,8H2,(H,20,23)(H,22,24). The van der Waals surface area contributed by atoms with E-state index < -0.39 is 17.6 Å². The van der Waals surface area contributed by atoms with Gasteiger partial charge < -0.3 is 5.32 Å². The number of nitrogens with one attached hydrogen (secondary N) is 3. The Morgan fingerprint density at radius 1 is 1.16 bits per heavy atom. The van der Waals surface area contributed by atoms with Crippen LogP contribution in [0.2, 0.25) is 0 Å². The van der Waals surface area contributed by atoms with E-state index in [1.165, 1.54) is 42.1 Å². The number of para-hydroxylation sites is 1. The van der Waals surface area contributed by atoms with Crippen molar-refractivity contribution in [3.63, 3.8) is 0 Å². The molecular weight excluding hydrogens is 355 g/mol. The van der Waals surface area contributed by atoms with Crippen LogP contribution in [0.3, 0.4) is 0 Å². The molecule has 1 aliphatic heterocycles. The van der Waals surface area contributed by atoms with Gasteiger partial charge in [0.05, 0.1) is 22.7 Å². The Balaban J connectivity index is 1.74. The first kappa shape index (κ1) is 17.2. The molecule has 0 unspecified atom stereocenters. The first-order valence-corrected chi connectivity index (χ1v) is 8.12. The fourth-order valence-electron chi connectivity index (χ4n) is 2.26. The second kappa shape index (κ2) is 6.67. The van der Waals surface area contributed by atoms with Gasteiger partial charge in [-0.05, 0) is 30.3 Å². The number of hydrogen-bond donors (Lipinski definition) is 3. The Kier molecular flexibility index (Phi) is 4.58. The zero-order valence-electron chi connectivity index (χ0n) is 12.6. The summed E-state index contributed by atoms with van der Waals surface area (Å²) in [4.78, 5) is 24.4. The number of thioether (sulfide) groups is 1. The highest BCUT2D eigenvalue weighted by Crippen LogP contribution is 2.34. The van der Waals surface area contributed by atoms with Crippen LogP contribution >= 0.6 is 11.8 Å². The summed E-state index contributed by atoms with van der Waals surface area (Å²) in [7, 11) is 0. The van der Waals surface area contributed by atoms with Crippen molar-refractivity contribution in [2.45, 2.75) is 11.1 Å². The van der Waals surface area contributed by atoms with E-state index in [1.54, 1.807) is 6.07 Å². The largest absolute Gasteiger partial charge is 0.418 e. The van der Waals surface area contributed by atoms with E-state index in [4.69, 9.17) is 0 Å². The van der Waals surface area contributed by atoms with Crippen molar-refractivity contribution in [3.05, 3.63) is 53.6 Å². The number of carbonyl (C=O) groups is 2. The lowest BCUT2D eigenvalue weighted by molar-refractivity contribution is -0.137. The Labute approximate surface area is 145 Å². The summed E-state index contributed by atoms with van der Waals surface area (Å²) >= 11 is 1.35. The molecule has 0 saturated carbocycles. The van der Waals surface area contributed by atoms with Crippen LogP contribution in [0.4, 0.5) is 24.5 Å². The topological polar surface area (TPSA) is 70.2 Å². The molecule has 1 heterocycles. The van der Waals surface area contributed by atoms with Gasteiger partial charge in [-0.25, -0.2) is 0 Å². The molecule has 2 amide bonds. The minimum atomic E-state index is -4.54. The lowest BCUT2D eigenvalue weighted by Crippen LogP contribution is -2.30. The molecule has 0 bridgehead atoms. The highest BCUT2D eigenvalue weighted by molar-refractivity contribution is 8.00. The SMILES string of the molecule is O=C1CSc2ccc(C(=O)NNc3ccccc3C(F)(F)F)cc2N1. The van der Waals surface area contributed by atoms with Crippen LogP contribution in [0.25, 0.3) is 0 Å². The van der Waals surface area contributed by atoms with Gasteiger partial charge in [-0.1, -0.05) is 12.1 Å². The van der Waals surface area contributed by atoms with Crippen LogP contribution in [-0.4, -0.2) is 17.6 Å². The molecule has 1 aliphatic rings. The van der Waals surface area contributed by atoms with Crippen molar-refractivity contribution in [1.82, 2.24) is 5.43 Å². The summed E-state index contributed by atoms with van der Waals surface area (Å²) < 4.78 is 38.8. The molecule has 25 heavy (non-hydrogen) atoms. The van der Waals surface area contributed by atoms with E-state index in [0.717, 1.165) is 11.0 Å². The van der Waals surface area contributed by atoms with Gasteiger partial charge in [-0.15, -0.1) is 11.8 Å². The van der Waals surface area contributed by atoms with Crippen molar-refractivity contribution < 1.29 is 22.8 Å². The number of carbonyl (C=O) groups excluding carboxylic acids is 2. The molecule has 5 nitrogen and oxygen atoms in total. The molecule has 2 aromatic rings. The number of fused-ring (bicyclic) bond motifs is 1. The summed E-state index contributed by atoms with van der Waals surface area (Å²) in [6.45, 7) is 0. The predicted molar refractivity (Wildman–Crippen MR) is 88.3 cm³/mol. The number of hydrazine groups is 1. The van der Waals surface area contributed by atoms with Crippen molar-refractivity contribution >= 4 is 35.0 Å². The maximum atomic E-state index is 12.9. The summed E-state index contributed by atoms with van der Waals surface area (Å²) in [5.41, 5.74) is 4.10. The van der Waals surface area contributed by atoms with Gasteiger partial charge in [0, 0.05) is 10.5 Å². The average Bonchev–Trinajstić information content (AvgIpc) is 2.58. The average molecular weight is 367 g/mol.